The maximum Gasteiger partial charge on any atom is 0.0408 e. The van der Waals surface area contributed by atoms with Crippen molar-refractivity contribution in [3.8, 4) is 0 Å². The van der Waals surface area contributed by atoms with Crippen molar-refractivity contribution in [2.45, 2.75) is 61.8 Å². The average molecular weight is 315 g/mol. The van der Waals surface area contributed by atoms with Crippen molar-refractivity contribution in [1.82, 2.24) is 9.97 Å². The highest BCUT2D eigenvalue weighted by molar-refractivity contribution is 5.10. The minimum Gasteiger partial charge on any atom is -0.264 e. The van der Waals surface area contributed by atoms with Gasteiger partial charge in [0.2, 0.25) is 0 Å². The van der Waals surface area contributed by atoms with Gasteiger partial charge in [-0.05, 0) is 47.4 Å². The zero-order valence-electron chi connectivity index (χ0n) is 14.9. The Bertz CT molecular complexity index is 468. The van der Waals surface area contributed by atoms with Crippen LogP contribution in [0.2, 0.25) is 0 Å². The molecule has 0 aromatic carbocycles. The van der Waals surface area contributed by atoms with E-state index in [9.17, 15) is 0 Å². The smallest absolute Gasteiger partial charge is 0.0408 e. The van der Waals surface area contributed by atoms with Crippen LogP contribution in [0.15, 0.2) is 48.9 Å². The van der Waals surface area contributed by atoms with Crippen molar-refractivity contribution in [1.29, 1.82) is 0 Å². The molecule has 2 nitrogen and oxygen atoms in total. The van der Waals surface area contributed by atoms with Crippen LogP contribution < -0.4 is 0 Å². The van der Waals surface area contributed by atoms with Gasteiger partial charge in [-0.15, -0.1) is 0 Å². The SMILES string of the molecule is C.CC(C)(C)Cc1ccccn1.CC(C)(C)Cc1cccnc1. The van der Waals surface area contributed by atoms with E-state index >= 15 is 0 Å². The fraction of sp³-hybridized carbons (Fsp3) is 0.524. The molecule has 2 heteroatoms. The van der Waals surface area contributed by atoms with Crippen LogP contribution in [0, 0.1) is 10.8 Å². The van der Waals surface area contributed by atoms with Gasteiger partial charge < -0.3 is 0 Å². The molecule has 0 saturated carbocycles. The summed E-state index contributed by atoms with van der Waals surface area (Å²) in [6.45, 7) is 13.4. The van der Waals surface area contributed by atoms with Gasteiger partial charge in [0.15, 0.2) is 0 Å². The molecule has 128 valence electrons. The Kier molecular flexibility index (Phi) is 8.74. The number of hydrogen-bond acceptors (Lipinski definition) is 2. The maximum atomic E-state index is 4.26. The Labute approximate surface area is 143 Å². The molecule has 0 radical (unpaired) electrons. The highest BCUT2D eigenvalue weighted by atomic mass is 14.7. The summed E-state index contributed by atoms with van der Waals surface area (Å²) in [7, 11) is 0. The fourth-order valence-electron chi connectivity index (χ4n) is 2.16. The molecule has 2 rings (SSSR count). The van der Waals surface area contributed by atoms with Gasteiger partial charge in [-0.3, -0.25) is 9.97 Å². The molecule has 2 aromatic rings. The Morgan fingerprint density at radius 2 is 1.43 bits per heavy atom. The van der Waals surface area contributed by atoms with Crippen molar-refractivity contribution in [2.24, 2.45) is 10.8 Å². The predicted octanol–water partition coefficient (Wildman–Crippen LogP) is 5.98. The molecule has 0 fully saturated rings. The van der Waals surface area contributed by atoms with Gasteiger partial charge in [0.05, 0.1) is 0 Å². The van der Waals surface area contributed by atoms with Crippen LogP contribution in [0.3, 0.4) is 0 Å². The van der Waals surface area contributed by atoms with Crippen molar-refractivity contribution < 1.29 is 0 Å². The molecule has 0 spiro atoms. The van der Waals surface area contributed by atoms with E-state index in [1.165, 1.54) is 11.3 Å². The van der Waals surface area contributed by atoms with Crippen LogP contribution in [0.5, 0.6) is 0 Å². The first-order valence-electron chi connectivity index (χ1n) is 7.95. The Balaban J connectivity index is 0.000000403. The van der Waals surface area contributed by atoms with Crippen molar-refractivity contribution in [2.75, 3.05) is 0 Å². The van der Waals surface area contributed by atoms with Gasteiger partial charge >= 0.3 is 0 Å². The second-order valence-corrected chi connectivity index (χ2v) is 8.16. The van der Waals surface area contributed by atoms with E-state index in [-0.39, 0.29) is 7.43 Å². The third kappa shape index (κ3) is 11.5. The Hall–Kier alpha value is -1.70. The number of nitrogens with zero attached hydrogens (tertiary/aromatic N) is 2. The molecule has 2 heterocycles. The summed E-state index contributed by atoms with van der Waals surface area (Å²) >= 11 is 0. The lowest BCUT2D eigenvalue weighted by atomic mass is 9.89. The summed E-state index contributed by atoms with van der Waals surface area (Å²) in [5.41, 5.74) is 3.21. The Morgan fingerprint density at radius 3 is 1.87 bits per heavy atom. The molecule has 0 aliphatic carbocycles. The first kappa shape index (κ1) is 21.3. The maximum absolute atomic E-state index is 4.26. The first-order valence-corrected chi connectivity index (χ1v) is 7.95. The predicted molar refractivity (Wildman–Crippen MR) is 102 cm³/mol. The van der Waals surface area contributed by atoms with E-state index in [1.54, 1.807) is 0 Å². The van der Waals surface area contributed by atoms with Crippen molar-refractivity contribution in [3.05, 3.63) is 60.2 Å². The normalized spacial score (nSPS) is 11.0. The number of aromatic nitrogens is 2. The monoisotopic (exact) mass is 314 g/mol. The zero-order valence-corrected chi connectivity index (χ0v) is 14.9. The second kappa shape index (κ2) is 9.44. The van der Waals surface area contributed by atoms with Gasteiger partial charge in [0.1, 0.15) is 0 Å². The zero-order chi connectivity index (χ0) is 16.6. The molecule has 0 bridgehead atoms. The second-order valence-electron chi connectivity index (χ2n) is 8.16. The van der Waals surface area contributed by atoms with Gasteiger partial charge in [-0.25, -0.2) is 0 Å². The molecule has 0 atom stereocenters. The lowest BCUT2D eigenvalue weighted by Gasteiger charge is -2.17. The third-order valence-electron chi connectivity index (χ3n) is 2.89. The van der Waals surface area contributed by atoms with Gasteiger partial charge in [-0.2, -0.15) is 0 Å². The molecule has 0 unspecified atom stereocenters. The van der Waals surface area contributed by atoms with Crippen LogP contribution in [0.25, 0.3) is 0 Å². The largest absolute Gasteiger partial charge is 0.264 e. The third-order valence-corrected chi connectivity index (χ3v) is 2.89. The van der Waals surface area contributed by atoms with Crippen molar-refractivity contribution in [3.63, 3.8) is 0 Å². The molecule has 23 heavy (non-hydrogen) atoms. The van der Waals surface area contributed by atoms with Gasteiger partial charge in [-0.1, -0.05) is 61.1 Å². The summed E-state index contributed by atoms with van der Waals surface area (Å²) in [5, 5.41) is 0. The van der Waals surface area contributed by atoms with E-state index in [0.717, 1.165) is 12.8 Å². The summed E-state index contributed by atoms with van der Waals surface area (Å²) in [4.78, 5) is 8.33. The van der Waals surface area contributed by atoms with E-state index in [4.69, 9.17) is 0 Å². The first-order chi connectivity index (χ1) is 10.2. The molecule has 0 saturated heterocycles. The van der Waals surface area contributed by atoms with E-state index in [2.05, 4.69) is 63.6 Å². The number of pyridine rings is 2. The highest BCUT2D eigenvalue weighted by Gasteiger charge is 2.11. The summed E-state index contributed by atoms with van der Waals surface area (Å²) in [5.74, 6) is 0. The molecule has 2 aromatic heterocycles. The standard InChI is InChI=1S/2C10H15N.CH4/c1-10(2,3)7-9-5-4-6-11-8-9;1-10(2,3)8-9-6-4-5-7-11-9;/h4-6,8H,7H2,1-3H3;4-7H,8H2,1-3H3;1H4. The minimum absolute atomic E-state index is 0. The van der Waals surface area contributed by atoms with Crippen LogP contribution in [0.4, 0.5) is 0 Å². The average Bonchev–Trinajstić information content (AvgIpc) is 2.38. The lowest BCUT2D eigenvalue weighted by molar-refractivity contribution is 0.406. The number of rotatable bonds is 2. The Morgan fingerprint density at radius 1 is 0.783 bits per heavy atom. The van der Waals surface area contributed by atoms with Gasteiger partial charge in [0.25, 0.3) is 0 Å². The molecular weight excluding hydrogens is 280 g/mol. The summed E-state index contributed by atoms with van der Waals surface area (Å²) < 4.78 is 0. The molecule has 0 aliphatic rings. The molecule has 0 aliphatic heterocycles. The fourth-order valence-corrected chi connectivity index (χ4v) is 2.16. The van der Waals surface area contributed by atoms with Crippen LogP contribution in [-0.4, -0.2) is 9.97 Å². The van der Waals surface area contributed by atoms with Crippen LogP contribution in [0.1, 0.15) is 60.2 Å². The molecule has 0 N–H and O–H groups in total. The minimum atomic E-state index is 0. The molecular formula is C21H34N2. The van der Waals surface area contributed by atoms with Crippen molar-refractivity contribution >= 4 is 0 Å². The number of hydrogen-bond donors (Lipinski definition) is 0. The summed E-state index contributed by atoms with van der Waals surface area (Å²) in [6, 6.07) is 10.2. The van der Waals surface area contributed by atoms with Gasteiger partial charge in [0, 0.05) is 24.3 Å². The topological polar surface area (TPSA) is 25.8 Å². The van der Waals surface area contributed by atoms with Crippen LogP contribution >= 0.6 is 0 Å². The van der Waals surface area contributed by atoms with E-state index < -0.39 is 0 Å². The quantitative estimate of drug-likeness (QED) is 0.681. The lowest BCUT2D eigenvalue weighted by Crippen LogP contribution is -2.09. The van der Waals surface area contributed by atoms with Crippen LogP contribution in [-0.2, 0) is 12.8 Å². The molecule has 0 amide bonds. The van der Waals surface area contributed by atoms with E-state index in [1.807, 2.05) is 36.8 Å². The highest BCUT2D eigenvalue weighted by Crippen LogP contribution is 2.19. The summed E-state index contributed by atoms with van der Waals surface area (Å²) in [6.07, 6.45) is 7.74. The van der Waals surface area contributed by atoms with E-state index in [0.29, 0.717) is 10.8 Å².